The van der Waals surface area contributed by atoms with Gasteiger partial charge in [0, 0.05) is 19.0 Å². The second kappa shape index (κ2) is 8.01. The fraction of sp³-hybridized carbons (Fsp3) is 0.250. The van der Waals surface area contributed by atoms with Crippen LogP contribution in [0.5, 0.6) is 5.75 Å². The Kier molecular flexibility index (Phi) is 5.72. The van der Waals surface area contributed by atoms with Gasteiger partial charge in [0.05, 0.1) is 17.9 Å². The summed E-state index contributed by atoms with van der Waals surface area (Å²) in [4.78, 5) is 16.0. The van der Waals surface area contributed by atoms with Crippen molar-refractivity contribution < 1.29 is 14.3 Å². The number of nitrogens with one attached hydrogen (secondary N) is 1. The average molecular weight is 286 g/mol. The molecule has 5 heteroatoms. The van der Waals surface area contributed by atoms with Crippen LogP contribution in [0.1, 0.15) is 17.3 Å². The number of amides is 1. The molecule has 1 amide bonds. The number of anilines is 1. The molecule has 0 spiro atoms. The van der Waals surface area contributed by atoms with E-state index in [1.54, 1.807) is 24.4 Å². The van der Waals surface area contributed by atoms with E-state index in [1.807, 2.05) is 25.1 Å². The number of carbonyl (C=O) groups excluding carboxylic acids is 1. The number of pyridine rings is 1. The zero-order chi connectivity index (χ0) is 14.9. The summed E-state index contributed by atoms with van der Waals surface area (Å²) in [5, 5.41) is 2.82. The van der Waals surface area contributed by atoms with E-state index in [0.717, 1.165) is 0 Å². The molecule has 1 heterocycles. The van der Waals surface area contributed by atoms with Gasteiger partial charge in [-0.1, -0.05) is 12.1 Å². The van der Waals surface area contributed by atoms with Crippen LogP contribution in [-0.4, -0.2) is 30.7 Å². The number of hydrogen-bond acceptors (Lipinski definition) is 4. The molecule has 2 aromatic rings. The van der Waals surface area contributed by atoms with Crippen LogP contribution in [0.2, 0.25) is 0 Å². The first-order valence-electron chi connectivity index (χ1n) is 6.82. The quantitative estimate of drug-likeness (QED) is 0.795. The lowest BCUT2D eigenvalue weighted by molar-refractivity contribution is 0.102. The summed E-state index contributed by atoms with van der Waals surface area (Å²) < 4.78 is 10.8. The fourth-order valence-electron chi connectivity index (χ4n) is 1.74. The highest BCUT2D eigenvalue weighted by Crippen LogP contribution is 2.24. The van der Waals surface area contributed by atoms with Crippen LogP contribution in [0.15, 0.2) is 48.8 Å². The number of rotatable bonds is 7. The molecule has 0 saturated heterocycles. The van der Waals surface area contributed by atoms with Crippen LogP contribution < -0.4 is 10.1 Å². The van der Waals surface area contributed by atoms with Gasteiger partial charge in [0.1, 0.15) is 12.4 Å². The number of nitrogens with zero attached hydrogens (tertiary/aromatic N) is 1. The number of para-hydroxylation sites is 2. The zero-order valence-electron chi connectivity index (χ0n) is 11.9. The Hall–Kier alpha value is -2.40. The van der Waals surface area contributed by atoms with Gasteiger partial charge in [-0.2, -0.15) is 0 Å². The smallest absolute Gasteiger partial charge is 0.257 e. The van der Waals surface area contributed by atoms with Crippen molar-refractivity contribution in [2.45, 2.75) is 6.92 Å². The lowest BCUT2D eigenvalue weighted by atomic mass is 10.2. The molecule has 0 unspecified atom stereocenters. The van der Waals surface area contributed by atoms with Gasteiger partial charge in [-0.15, -0.1) is 0 Å². The van der Waals surface area contributed by atoms with Gasteiger partial charge in [0.2, 0.25) is 0 Å². The van der Waals surface area contributed by atoms with Crippen LogP contribution in [0, 0.1) is 0 Å². The third-order valence-corrected chi connectivity index (χ3v) is 2.75. The van der Waals surface area contributed by atoms with Gasteiger partial charge in [-0.25, -0.2) is 0 Å². The molecule has 0 aliphatic carbocycles. The number of carbonyl (C=O) groups is 1. The maximum atomic E-state index is 12.1. The number of aromatic nitrogens is 1. The summed E-state index contributed by atoms with van der Waals surface area (Å²) in [5.74, 6) is 0.401. The molecule has 1 N–H and O–H groups in total. The summed E-state index contributed by atoms with van der Waals surface area (Å²) in [6.45, 7) is 3.54. The van der Waals surface area contributed by atoms with Crippen LogP contribution in [-0.2, 0) is 4.74 Å². The van der Waals surface area contributed by atoms with Gasteiger partial charge in [0.15, 0.2) is 0 Å². The largest absolute Gasteiger partial charge is 0.489 e. The van der Waals surface area contributed by atoms with Crippen molar-refractivity contribution in [1.29, 1.82) is 0 Å². The highest BCUT2D eigenvalue weighted by atomic mass is 16.5. The van der Waals surface area contributed by atoms with E-state index in [4.69, 9.17) is 9.47 Å². The predicted octanol–water partition coefficient (Wildman–Crippen LogP) is 2.75. The van der Waals surface area contributed by atoms with Crippen LogP contribution >= 0.6 is 0 Å². The maximum Gasteiger partial charge on any atom is 0.257 e. The van der Waals surface area contributed by atoms with Crippen molar-refractivity contribution >= 4 is 11.6 Å². The molecular weight excluding hydrogens is 268 g/mol. The van der Waals surface area contributed by atoms with Gasteiger partial charge in [0.25, 0.3) is 5.91 Å². The number of benzene rings is 1. The maximum absolute atomic E-state index is 12.1. The minimum Gasteiger partial charge on any atom is -0.489 e. The van der Waals surface area contributed by atoms with E-state index in [-0.39, 0.29) is 5.91 Å². The van der Waals surface area contributed by atoms with Gasteiger partial charge >= 0.3 is 0 Å². The summed E-state index contributed by atoms with van der Waals surface area (Å²) >= 11 is 0. The summed E-state index contributed by atoms with van der Waals surface area (Å²) in [6, 6.07) is 10.7. The number of hydrogen-bond donors (Lipinski definition) is 1. The normalized spacial score (nSPS) is 10.1. The molecule has 2 rings (SSSR count). The molecule has 0 bridgehead atoms. The number of ether oxygens (including phenoxy) is 2. The molecule has 0 saturated carbocycles. The van der Waals surface area contributed by atoms with E-state index in [0.29, 0.717) is 36.8 Å². The Morgan fingerprint density at radius 3 is 2.81 bits per heavy atom. The van der Waals surface area contributed by atoms with Crippen molar-refractivity contribution in [3.05, 3.63) is 54.4 Å². The summed E-state index contributed by atoms with van der Waals surface area (Å²) in [7, 11) is 0. The molecule has 1 aromatic carbocycles. The van der Waals surface area contributed by atoms with E-state index in [2.05, 4.69) is 10.3 Å². The molecule has 21 heavy (non-hydrogen) atoms. The Balaban J connectivity index is 2.01. The van der Waals surface area contributed by atoms with E-state index < -0.39 is 0 Å². The molecule has 1 aromatic heterocycles. The third kappa shape index (κ3) is 4.57. The molecule has 0 atom stereocenters. The van der Waals surface area contributed by atoms with Crippen molar-refractivity contribution in [2.24, 2.45) is 0 Å². The summed E-state index contributed by atoms with van der Waals surface area (Å²) in [5.41, 5.74) is 1.13. The zero-order valence-corrected chi connectivity index (χ0v) is 11.9. The van der Waals surface area contributed by atoms with Crippen LogP contribution in [0.3, 0.4) is 0 Å². The molecule has 110 valence electrons. The van der Waals surface area contributed by atoms with Crippen molar-refractivity contribution in [2.75, 3.05) is 25.1 Å². The minimum atomic E-state index is -0.219. The average Bonchev–Trinajstić information content (AvgIpc) is 2.54. The first-order valence-corrected chi connectivity index (χ1v) is 6.82. The standard InChI is InChI=1S/C16H18N2O3/c1-2-20-10-11-21-15-8-4-3-7-14(15)18-16(19)13-6-5-9-17-12-13/h3-9,12H,2,10-11H2,1H3,(H,18,19). The van der Waals surface area contributed by atoms with Crippen molar-refractivity contribution in [1.82, 2.24) is 4.98 Å². The SMILES string of the molecule is CCOCCOc1ccccc1NC(=O)c1cccnc1. The van der Waals surface area contributed by atoms with Gasteiger partial charge in [-0.3, -0.25) is 9.78 Å². The lowest BCUT2D eigenvalue weighted by Crippen LogP contribution is -2.14. The molecular formula is C16H18N2O3. The first kappa shape index (κ1) is 15.0. The van der Waals surface area contributed by atoms with Crippen LogP contribution in [0.4, 0.5) is 5.69 Å². The van der Waals surface area contributed by atoms with Gasteiger partial charge < -0.3 is 14.8 Å². The molecule has 0 aliphatic heterocycles. The van der Waals surface area contributed by atoms with Crippen molar-refractivity contribution in [3.8, 4) is 5.75 Å². The fourth-order valence-corrected chi connectivity index (χ4v) is 1.74. The first-order chi connectivity index (χ1) is 10.3. The van der Waals surface area contributed by atoms with Crippen LogP contribution in [0.25, 0.3) is 0 Å². The second-order valence-corrected chi connectivity index (χ2v) is 4.24. The molecule has 0 radical (unpaired) electrons. The van der Waals surface area contributed by atoms with Gasteiger partial charge in [-0.05, 0) is 31.2 Å². The predicted molar refractivity (Wildman–Crippen MR) is 80.6 cm³/mol. The second-order valence-electron chi connectivity index (χ2n) is 4.24. The van der Waals surface area contributed by atoms with E-state index in [1.165, 1.54) is 6.20 Å². The monoisotopic (exact) mass is 286 g/mol. The minimum absolute atomic E-state index is 0.219. The topological polar surface area (TPSA) is 60.5 Å². The highest BCUT2D eigenvalue weighted by molar-refractivity contribution is 6.04. The molecule has 5 nitrogen and oxygen atoms in total. The Morgan fingerprint density at radius 2 is 2.05 bits per heavy atom. The Labute approximate surface area is 123 Å². The van der Waals surface area contributed by atoms with E-state index in [9.17, 15) is 4.79 Å². The molecule has 0 aliphatic rings. The lowest BCUT2D eigenvalue weighted by Gasteiger charge is -2.12. The highest BCUT2D eigenvalue weighted by Gasteiger charge is 2.09. The third-order valence-electron chi connectivity index (χ3n) is 2.75. The Bertz CT molecular complexity index is 573. The Morgan fingerprint density at radius 1 is 1.19 bits per heavy atom. The summed E-state index contributed by atoms with van der Waals surface area (Å²) in [6.07, 6.45) is 3.15. The van der Waals surface area contributed by atoms with Crippen molar-refractivity contribution in [3.63, 3.8) is 0 Å². The molecule has 0 fully saturated rings. The van der Waals surface area contributed by atoms with E-state index >= 15 is 0 Å².